The van der Waals surface area contributed by atoms with Gasteiger partial charge in [0.1, 0.15) is 5.75 Å². The quantitative estimate of drug-likeness (QED) is 0.597. The maximum Gasteiger partial charge on any atom is 0.119 e. The Morgan fingerprint density at radius 3 is 2.05 bits per heavy atom. The van der Waals surface area contributed by atoms with Crippen molar-refractivity contribution in [2.45, 2.75) is 19.8 Å². The van der Waals surface area contributed by atoms with E-state index in [1.807, 2.05) is 54.6 Å². The Kier molecular flexibility index (Phi) is 5.99. The summed E-state index contributed by atoms with van der Waals surface area (Å²) in [6, 6.07) is 17.7. The van der Waals surface area contributed by atoms with Crippen LogP contribution >= 0.6 is 0 Å². The van der Waals surface area contributed by atoms with Crippen LogP contribution in [0.3, 0.4) is 0 Å². The van der Waals surface area contributed by atoms with Crippen molar-refractivity contribution < 1.29 is 4.74 Å². The third-order valence-electron chi connectivity index (χ3n) is 2.87. The summed E-state index contributed by atoms with van der Waals surface area (Å²) >= 11 is 0. The first-order chi connectivity index (χ1) is 10.4. The third-order valence-corrected chi connectivity index (χ3v) is 2.87. The van der Waals surface area contributed by atoms with Crippen LogP contribution in [0.15, 0.2) is 54.6 Å². The molecule has 0 aliphatic rings. The normalized spacial score (nSPS) is 9.00. The second kappa shape index (κ2) is 8.51. The van der Waals surface area contributed by atoms with E-state index < -0.39 is 0 Å². The lowest BCUT2D eigenvalue weighted by Gasteiger charge is -2.04. The molecule has 0 heterocycles. The molecular weight excluding hydrogens is 256 g/mol. The van der Waals surface area contributed by atoms with Gasteiger partial charge in [-0.15, -0.1) is 0 Å². The molecule has 0 saturated heterocycles. The minimum absolute atomic E-state index is 0.768. The maximum absolute atomic E-state index is 5.61. The standard InChI is InChI=1S/C20H18O/c1-2-3-17-21-20-15-13-19(14-16-20)12-8-7-11-18-9-5-4-6-10-18/h4-6,9-10,13-16H,2-3,17H2,1H3. The summed E-state index contributed by atoms with van der Waals surface area (Å²) in [4.78, 5) is 0. The molecule has 104 valence electrons. The molecule has 0 aromatic heterocycles. The number of unbranched alkanes of at least 4 members (excludes halogenated alkanes) is 1. The zero-order valence-corrected chi connectivity index (χ0v) is 12.2. The predicted octanol–water partition coefficient (Wildman–Crippen LogP) is 4.27. The maximum atomic E-state index is 5.61. The molecule has 0 bridgehead atoms. The lowest BCUT2D eigenvalue weighted by Crippen LogP contribution is -1.95. The molecule has 2 aromatic carbocycles. The minimum atomic E-state index is 0.768. The molecule has 0 fully saturated rings. The van der Waals surface area contributed by atoms with Crippen molar-refractivity contribution in [1.82, 2.24) is 0 Å². The monoisotopic (exact) mass is 274 g/mol. The van der Waals surface area contributed by atoms with Gasteiger partial charge in [-0.3, -0.25) is 0 Å². The topological polar surface area (TPSA) is 9.23 Å². The molecule has 0 radical (unpaired) electrons. The van der Waals surface area contributed by atoms with Crippen LogP contribution in [0, 0.1) is 23.7 Å². The van der Waals surface area contributed by atoms with E-state index in [4.69, 9.17) is 4.74 Å². The van der Waals surface area contributed by atoms with Gasteiger partial charge < -0.3 is 4.74 Å². The van der Waals surface area contributed by atoms with E-state index in [-0.39, 0.29) is 0 Å². The first kappa shape index (κ1) is 14.8. The fraction of sp³-hybridized carbons (Fsp3) is 0.200. The lowest BCUT2D eigenvalue weighted by molar-refractivity contribution is 0.309. The van der Waals surface area contributed by atoms with Crippen molar-refractivity contribution in [2.75, 3.05) is 6.61 Å². The van der Waals surface area contributed by atoms with Crippen LogP contribution < -0.4 is 4.74 Å². The largest absolute Gasteiger partial charge is 0.494 e. The molecule has 2 rings (SSSR count). The van der Waals surface area contributed by atoms with E-state index in [9.17, 15) is 0 Å². The van der Waals surface area contributed by atoms with Gasteiger partial charge in [-0.05, 0) is 54.7 Å². The first-order valence-corrected chi connectivity index (χ1v) is 7.18. The summed E-state index contributed by atoms with van der Waals surface area (Å²) in [5.74, 6) is 12.7. The van der Waals surface area contributed by atoms with Crippen molar-refractivity contribution in [2.24, 2.45) is 0 Å². The fourth-order valence-corrected chi connectivity index (χ4v) is 1.70. The number of ether oxygens (including phenoxy) is 1. The molecule has 0 unspecified atom stereocenters. The average Bonchev–Trinajstić information content (AvgIpc) is 2.54. The SMILES string of the molecule is CCCCOc1ccc(C#CC#Cc2ccccc2)cc1. The van der Waals surface area contributed by atoms with Crippen LogP contribution in [-0.2, 0) is 0 Å². The molecule has 0 saturated carbocycles. The summed E-state index contributed by atoms with van der Waals surface area (Å²) in [5.41, 5.74) is 1.92. The van der Waals surface area contributed by atoms with E-state index in [1.165, 1.54) is 0 Å². The summed E-state index contributed by atoms with van der Waals surface area (Å²) in [7, 11) is 0. The van der Waals surface area contributed by atoms with Crippen LogP contribution in [0.5, 0.6) is 5.75 Å². The zero-order chi connectivity index (χ0) is 14.8. The van der Waals surface area contributed by atoms with Crippen LogP contribution in [-0.4, -0.2) is 6.61 Å². The van der Waals surface area contributed by atoms with Gasteiger partial charge >= 0.3 is 0 Å². The predicted molar refractivity (Wildman–Crippen MR) is 87.0 cm³/mol. The Balaban J connectivity index is 1.92. The summed E-state index contributed by atoms with van der Waals surface area (Å²) in [6.45, 7) is 2.92. The van der Waals surface area contributed by atoms with Crippen molar-refractivity contribution in [1.29, 1.82) is 0 Å². The van der Waals surface area contributed by atoms with Gasteiger partial charge in [-0.1, -0.05) is 43.4 Å². The lowest BCUT2D eigenvalue weighted by atomic mass is 10.2. The van der Waals surface area contributed by atoms with Gasteiger partial charge in [-0.25, -0.2) is 0 Å². The number of benzene rings is 2. The van der Waals surface area contributed by atoms with Gasteiger partial charge in [0.15, 0.2) is 0 Å². The van der Waals surface area contributed by atoms with Crippen LogP contribution in [0.25, 0.3) is 0 Å². The molecule has 0 spiro atoms. The molecule has 21 heavy (non-hydrogen) atoms. The molecule has 1 heteroatoms. The van der Waals surface area contributed by atoms with Crippen LogP contribution in [0.4, 0.5) is 0 Å². The van der Waals surface area contributed by atoms with E-state index in [0.717, 1.165) is 36.3 Å². The Hall–Kier alpha value is -2.64. The van der Waals surface area contributed by atoms with Crippen LogP contribution in [0.2, 0.25) is 0 Å². The average molecular weight is 274 g/mol. The molecular formula is C20H18O. The number of hydrogen-bond acceptors (Lipinski definition) is 1. The molecule has 0 amide bonds. The van der Waals surface area contributed by atoms with Gasteiger partial charge in [-0.2, -0.15) is 0 Å². The van der Waals surface area contributed by atoms with Gasteiger partial charge in [0.05, 0.1) is 6.61 Å². The van der Waals surface area contributed by atoms with Crippen molar-refractivity contribution >= 4 is 0 Å². The summed E-state index contributed by atoms with van der Waals surface area (Å²) in [5, 5.41) is 0. The minimum Gasteiger partial charge on any atom is -0.494 e. The second-order valence-electron chi connectivity index (χ2n) is 4.59. The van der Waals surface area contributed by atoms with Gasteiger partial charge in [0.2, 0.25) is 0 Å². The molecule has 2 aromatic rings. The van der Waals surface area contributed by atoms with Gasteiger partial charge in [0, 0.05) is 11.1 Å². The summed E-state index contributed by atoms with van der Waals surface area (Å²) < 4.78 is 5.61. The molecule has 0 aliphatic heterocycles. The van der Waals surface area contributed by atoms with Crippen molar-refractivity contribution in [3.8, 4) is 29.4 Å². The highest BCUT2D eigenvalue weighted by Crippen LogP contribution is 2.11. The third kappa shape index (κ3) is 5.47. The Bertz CT molecular complexity index is 661. The highest BCUT2D eigenvalue weighted by atomic mass is 16.5. The summed E-state index contributed by atoms with van der Waals surface area (Å²) in [6.07, 6.45) is 2.22. The van der Waals surface area contributed by atoms with Crippen molar-refractivity contribution in [3.05, 3.63) is 65.7 Å². The Morgan fingerprint density at radius 2 is 1.43 bits per heavy atom. The molecule has 1 nitrogen and oxygen atoms in total. The molecule has 0 N–H and O–H groups in total. The highest BCUT2D eigenvalue weighted by molar-refractivity contribution is 5.45. The number of hydrogen-bond donors (Lipinski definition) is 0. The Labute approximate surface area is 127 Å². The van der Waals surface area contributed by atoms with Crippen LogP contribution in [0.1, 0.15) is 30.9 Å². The fourth-order valence-electron chi connectivity index (χ4n) is 1.70. The molecule has 0 aliphatic carbocycles. The zero-order valence-electron chi connectivity index (χ0n) is 12.2. The first-order valence-electron chi connectivity index (χ1n) is 7.18. The van der Waals surface area contributed by atoms with E-state index in [0.29, 0.717) is 0 Å². The number of rotatable bonds is 4. The van der Waals surface area contributed by atoms with E-state index in [1.54, 1.807) is 0 Å². The van der Waals surface area contributed by atoms with Gasteiger partial charge in [0.25, 0.3) is 0 Å². The van der Waals surface area contributed by atoms with Crippen molar-refractivity contribution in [3.63, 3.8) is 0 Å². The smallest absolute Gasteiger partial charge is 0.119 e. The van der Waals surface area contributed by atoms with E-state index >= 15 is 0 Å². The highest BCUT2D eigenvalue weighted by Gasteiger charge is 1.92. The van der Waals surface area contributed by atoms with E-state index in [2.05, 4.69) is 30.6 Å². The molecule has 0 atom stereocenters. The Morgan fingerprint density at radius 1 is 0.810 bits per heavy atom. The second-order valence-corrected chi connectivity index (χ2v) is 4.59.